The van der Waals surface area contributed by atoms with Crippen molar-refractivity contribution in [1.82, 2.24) is 20.5 Å². The van der Waals surface area contributed by atoms with Crippen molar-refractivity contribution in [1.29, 1.82) is 5.41 Å². The summed E-state index contributed by atoms with van der Waals surface area (Å²) in [4.78, 5) is 22.8. The molecule has 0 unspecified atom stereocenters. The molecule has 11 heteroatoms. The number of amides is 1. The van der Waals surface area contributed by atoms with Gasteiger partial charge in [0, 0.05) is 24.7 Å². The van der Waals surface area contributed by atoms with E-state index in [0.29, 0.717) is 37.4 Å². The minimum atomic E-state index is -1.17. The molecule has 1 aromatic rings. The quantitative estimate of drug-likeness (QED) is 0.391. The van der Waals surface area contributed by atoms with Crippen LogP contribution in [0.4, 0.5) is 8.78 Å². The van der Waals surface area contributed by atoms with Crippen molar-refractivity contribution in [3.63, 3.8) is 0 Å². The summed E-state index contributed by atoms with van der Waals surface area (Å²) in [6.45, 7) is 0.676. The maximum atomic E-state index is 14.5. The summed E-state index contributed by atoms with van der Waals surface area (Å²) in [6.07, 6.45) is 4.38. The number of nitrogens with two attached hydrogens (primary N) is 1. The van der Waals surface area contributed by atoms with E-state index in [1.165, 1.54) is 12.3 Å². The fourth-order valence-electron chi connectivity index (χ4n) is 3.85. The lowest BCUT2D eigenvalue weighted by Gasteiger charge is -2.29. The lowest BCUT2D eigenvalue weighted by atomic mass is 10.1. The van der Waals surface area contributed by atoms with E-state index in [4.69, 9.17) is 15.9 Å². The number of carbonyl (C=O) groups excluding carboxylic acids is 1. The first kappa shape index (κ1) is 20.8. The van der Waals surface area contributed by atoms with Gasteiger partial charge in [-0.25, -0.2) is 18.8 Å². The third kappa shape index (κ3) is 4.35. The van der Waals surface area contributed by atoms with E-state index >= 15 is 0 Å². The third-order valence-corrected chi connectivity index (χ3v) is 5.26. The second-order valence-corrected chi connectivity index (χ2v) is 7.45. The van der Waals surface area contributed by atoms with Gasteiger partial charge in [-0.1, -0.05) is 0 Å². The minimum Gasteiger partial charge on any atom is -0.477 e. The van der Waals surface area contributed by atoms with Gasteiger partial charge in [0.15, 0.2) is 0 Å². The summed E-state index contributed by atoms with van der Waals surface area (Å²) in [5.41, 5.74) is 5.99. The van der Waals surface area contributed by atoms with Gasteiger partial charge in [-0.05, 0) is 25.0 Å². The molecule has 31 heavy (non-hydrogen) atoms. The summed E-state index contributed by atoms with van der Waals surface area (Å²) in [5, 5.41) is 13.4. The minimum absolute atomic E-state index is 0.0265. The summed E-state index contributed by atoms with van der Waals surface area (Å²) < 4.78 is 34.3. The number of nitrogens with one attached hydrogen (secondary N) is 3. The number of nitrogens with zero attached hydrogens (tertiary/aromatic N) is 3. The Bertz CT molecular complexity index is 992. The van der Waals surface area contributed by atoms with Crippen molar-refractivity contribution in [2.45, 2.75) is 31.5 Å². The molecular formula is C20H23F2N7O2. The number of amidine groups is 2. The fourth-order valence-corrected chi connectivity index (χ4v) is 3.85. The molecule has 2 bridgehead atoms. The average molecular weight is 431 g/mol. The molecular weight excluding hydrogens is 408 g/mol. The SMILES string of the molecule is N=C(N)/C1=C2/N=C(C=CN2)N2C[C@@H](F)C[C@@H]2c2cc(F)cnc2OCCCCNC1=O. The van der Waals surface area contributed by atoms with Crippen molar-refractivity contribution in [3.8, 4) is 5.88 Å². The zero-order valence-electron chi connectivity index (χ0n) is 16.7. The number of hydrogen-bond donors (Lipinski definition) is 4. The molecule has 4 heterocycles. The van der Waals surface area contributed by atoms with Crippen LogP contribution in [0.15, 0.2) is 40.9 Å². The van der Waals surface area contributed by atoms with E-state index in [1.807, 2.05) is 0 Å². The first-order valence-electron chi connectivity index (χ1n) is 10.0. The van der Waals surface area contributed by atoms with Crippen LogP contribution in [0.25, 0.3) is 0 Å². The second-order valence-electron chi connectivity index (χ2n) is 7.45. The molecule has 164 valence electrons. The molecule has 1 fully saturated rings. The molecule has 1 amide bonds. The van der Waals surface area contributed by atoms with Crippen molar-refractivity contribution in [2.24, 2.45) is 10.7 Å². The number of rotatable bonds is 1. The monoisotopic (exact) mass is 431 g/mol. The van der Waals surface area contributed by atoms with Gasteiger partial charge in [0.05, 0.1) is 25.4 Å². The van der Waals surface area contributed by atoms with Crippen LogP contribution in [-0.2, 0) is 4.79 Å². The van der Waals surface area contributed by atoms with Crippen LogP contribution in [0.2, 0.25) is 0 Å². The van der Waals surface area contributed by atoms with E-state index in [2.05, 4.69) is 20.6 Å². The molecule has 1 saturated heterocycles. The van der Waals surface area contributed by atoms with Crippen molar-refractivity contribution in [3.05, 3.63) is 47.3 Å². The lowest BCUT2D eigenvalue weighted by Crippen LogP contribution is -2.37. The summed E-state index contributed by atoms with van der Waals surface area (Å²) in [5.74, 6) is -0.813. The smallest absolute Gasteiger partial charge is 0.258 e. The van der Waals surface area contributed by atoms with Crippen LogP contribution in [0.3, 0.4) is 0 Å². The van der Waals surface area contributed by atoms with Gasteiger partial charge < -0.3 is 26.0 Å². The van der Waals surface area contributed by atoms with Gasteiger partial charge in [-0.15, -0.1) is 0 Å². The Morgan fingerprint density at radius 1 is 1.39 bits per heavy atom. The Morgan fingerprint density at radius 3 is 3.03 bits per heavy atom. The maximum absolute atomic E-state index is 14.5. The molecule has 2 atom stereocenters. The Labute approximate surface area is 177 Å². The Morgan fingerprint density at radius 2 is 2.23 bits per heavy atom. The molecule has 9 nitrogen and oxygen atoms in total. The number of alkyl halides is 1. The molecule has 4 rings (SSSR count). The van der Waals surface area contributed by atoms with Crippen LogP contribution >= 0.6 is 0 Å². The zero-order chi connectivity index (χ0) is 22.0. The Balaban J connectivity index is 1.82. The molecule has 0 spiro atoms. The highest BCUT2D eigenvalue weighted by Crippen LogP contribution is 2.38. The first-order chi connectivity index (χ1) is 14.9. The first-order valence-corrected chi connectivity index (χ1v) is 10.0. The highest BCUT2D eigenvalue weighted by molar-refractivity contribution is 6.19. The van der Waals surface area contributed by atoms with E-state index in [9.17, 15) is 13.6 Å². The van der Waals surface area contributed by atoms with E-state index in [-0.39, 0.29) is 30.2 Å². The van der Waals surface area contributed by atoms with E-state index in [0.717, 1.165) is 6.20 Å². The standard InChI is InChI=1S/C20H23F2N7O2/c21-11-7-13-14-8-12(22)10-29(14)15-3-5-25-18(28-15)16(17(23)24)19(30)26-4-1-2-6-31-20(13)27-9-11/h3,5,7,9,12,14,25H,1-2,4,6,8,10H2,(H3,23,24)(H,26,30)/b18-16-/t12-,14+/m0/s1. The molecule has 0 aromatic carbocycles. The number of hydrogen-bond acceptors (Lipinski definition) is 7. The van der Waals surface area contributed by atoms with Gasteiger partial charge in [-0.3, -0.25) is 10.2 Å². The maximum Gasteiger partial charge on any atom is 0.258 e. The predicted octanol–water partition coefficient (Wildman–Crippen LogP) is 1.26. The zero-order valence-corrected chi connectivity index (χ0v) is 16.7. The number of ether oxygens (including phenoxy) is 1. The Kier molecular flexibility index (Phi) is 5.83. The molecule has 0 radical (unpaired) electrons. The number of fused-ring (bicyclic) bond motifs is 5. The largest absolute Gasteiger partial charge is 0.477 e. The second kappa shape index (κ2) is 8.70. The lowest BCUT2D eigenvalue weighted by molar-refractivity contribution is -0.117. The van der Waals surface area contributed by atoms with Crippen LogP contribution < -0.4 is 21.1 Å². The van der Waals surface area contributed by atoms with Gasteiger partial charge in [0.2, 0.25) is 5.88 Å². The van der Waals surface area contributed by atoms with Gasteiger partial charge in [0.25, 0.3) is 5.91 Å². The molecule has 3 aliphatic heterocycles. The molecule has 3 aliphatic rings. The predicted molar refractivity (Wildman–Crippen MR) is 110 cm³/mol. The van der Waals surface area contributed by atoms with Gasteiger partial charge in [-0.2, -0.15) is 0 Å². The number of halogens is 2. The normalized spacial score (nSPS) is 26.3. The third-order valence-electron chi connectivity index (χ3n) is 5.26. The molecule has 0 saturated carbocycles. The van der Waals surface area contributed by atoms with Crippen molar-refractivity contribution >= 4 is 17.6 Å². The van der Waals surface area contributed by atoms with E-state index in [1.54, 1.807) is 11.0 Å². The molecule has 5 N–H and O–H groups in total. The van der Waals surface area contributed by atoms with E-state index < -0.39 is 29.8 Å². The highest BCUT2D eigenvalue weighted by Gasteiger charge is 2.37. The number of carbonyl (C=O) groups is 1. The van der Waals surface area contributed by atoms with Crippen LogP contribution in [0, 0.1) is 11.2 Å². The molecule has 0 aliphatic carbocycles. The number of aromatic nitrogens is 1. The van der Waals surface area contributed by atoms with Crippen molar-refractivity contribution < 1.29 is 18.3 Å². The number of pyridine rings is 1. The van der Waals surface area contributed by atoms with Crippen LogP contribution in [0.1, 0.15) is 30.9 Å². The fraction of sp³-hybridized carbons (Fsp3) is 0.400. The van der Waals surface area contributed by atoms with Gasteiger partial charge >= 0.3 is 0 Å². The molecule has 1 aromatic heterocycles. The topological polar surface area (TPSA) is 129 Å². The van der Waals surface area contributed by atoms with Crippen LogP contribution in [0.5, 0.6) is 5.88 Å². The number of aliphatic imine (C=N–C) groups is 1. The van der Waals surface area contributed by atoms with Gasteiger partial charge in [0.1, 0.15) is 35.1 Å². The Hall–Kier alpha value is -3.50. The summed E-state index contributed by atoms with van der Waals surface area (Å²) in [7, 11) is 0. The summed E-state index contributed by atoms with van der Waals surface area (Å²) >= 11 is 0. The summed E-state index contributed by atoms with van der Waals surface area (Å²) in [6, 6.07) is 0.750. The van der Waals surface area contributed by atoms with Crippen molar-refractivity contribution in [2.75, 3.05) is 19.7 Å². The van der Waals surface area contributed by atoms with Crippen LogP contribution in [-0.4, -0.2) is 53.3 Å². The highest BCUT2D eigenvalue weighted by atomic mass is 19.1. The average Bonchev–Trinajstić information content (AvgIpc) is 3.12.